The predicted octanol–water partition coefficient (Wildman–Crippen LogP) is 15.9. The molecule has 0 aliphatic heterocycles. The molecule has 44 heavy (non-hydrogen) atoms. The van der Waals surface area contributed by atoms with E-state index >= 15 is 0 Å². The lowest BCUT2D eigenvalue weighted by atomic mass is 10.1. The summed E-state index contributed by atoms with van der Waals surface area (Å²) in [6.07, 6.45) is 0. The first-order valence-electron chi connectivity index (χ1n) is 12.3. The van der Waals surface area contributed by atoms with Gasteiger partial charge in [0.15, 0.2) is 0 Å². The SMILES string of the molecule is C.C.C.C.C.C.CC.CC.Cc1c(F)c(C)c(F)c(C)c1F.Cc1ccccc1.Fc1cc(F)cc(F)c1.[HH].[HH].[HH].[HH].[HH].c1ccccc1. The van der Waals surface area contributed by atoms with Gasteiger partial charge in [-0.25, -0.2) is 26.3 Å². The van der Waals surface area contributed by atoms with Gasteiger partial charge in [0.1, 0.15) is 34.9 Å². The molecule has 0 amide bonds. The molecule has 0 radical (unpaired) electrons. The maximum atomic E-state index is 13.0. The zero-order valence-corrected chi connectivity index (χ0v) is 23.4. The minimum atomic E-state index is -0.896. The molecule has 0 atom stereocenters. The van der Waals surface area contributed by atoms with E-state index in [-0.39, 0.29) is 68.4 Å². The smallest absolute Gasteiger partial charge is 0.134 e. The van der Waals surface area contributed by atoms with E-state index in [1.54, 1.807) is 0 Å². The van der Waals surface area contributed by atoms with Gasteiger partial charge in [0.2, 0.25) is 0 Å². The Labute approximate surface area is 275 Å². The molecule has 0 fully saturated rings. The fourth-order valence-corrected chi connectivity index (χ4v) is 2.57. The van der Waals surface area contributed by atoms with Gasteiger partial charge in [0.05, 0.1) is 0 Å². The van der Waals surface area contributed by atoms with E-state index in [9.17, 15) is 26.3 Å². The normalized spacial score (nSPS) is 7.59. The molecule has 0 heterocycles. The standard InChI is InChI=1S/C9H9F3.C7H8.C6H3F3.C6H6.2C2H6.6CH4.5H2/c1-4-7(10)5(2)9(12)6(3)8(4)11;1-7-5-3-2-4-6-7;7-4-1-5(8)3-6(9)2-4;1-2-4-6-5-3-1;2*1-2;;;;;;;;;;;/h1-3H3;2-6H,1H3;1-3H;1-6H;2*1-2H3;6*1H4;5*1H. The van der Waals surface area contributed by atoms with Crippen LogP contribution in [0.3, 0.4) is 0 Å². The van der Waals surface area contributed by atoms with Crippen molar-refractivity contribution in [3.05, 3.63) is 142 Å². The van der Waals surface area contributed by atoms with Gasteiger partial charge >= 0.3 is 0 Å². The molecule has 0 saturated carbocycles. The van der Waals surface area contributed by atoms with E-state index in [1.165, 1.54) is 26.3 Å². The van der Waals surface area contributed by atoms with Crippen LogP contribution in [0.4, 0.5) is 26.3 Å². The van der Waals surface area contributed by atoms with E-state index in [2.05, 4.69) is 19.1 Å². The van der Waals surface area contributed by atoms with Gasteiger partial charge in [0, 0.05) is 42.0 Å². The van der Waals surface area contributed by atoms with Crippen LogP contribution in [0.15, 0.2) is 84.9 Å². The van der Waals surface area contributed by atoms with Crippen molar-refractivity contribution in [3.8, 4) is 0 Å². The first-order valence-corrected chi connectivity index (χ1v) is 12.3. The number of aryl methyl sites for hydroxylation is 1. The molecular formula is C38H72F6. The molecule has 4 rings (SSSR count). The minimum absolute atomic E-state index is 0. The van der Waals surface area contributed by atoms with Crippen LogP contribution >= 0.6 is 0 Å². The summed E-state index contributed by atoms with van der Waals surface area (Å²) in [4.78, 5) is 0. The van der Waals surface area contributed by atoms with Gasteiger partial charge in [-0.3, -0.25) is 0 Å². The topological polar surface area (TPSA) is 0 Å². The van der Waals surface area contributed by atoms with Crippen LogP contribution in [-0.4, -0.2) is 0 Å². The van der Waals surface area contributed by atoms with Crippen molar-refractivity contribution in [2.24, 2.45) is 0 Å². The molecule has 0 aromatic heterocycles. The summed E-state index contributed by atoms with van der Waals surface area (Å²) in [6, 6.07) is 24.1. The monoisotopic (exact) mass is 643 g/mol. The second kappa shape index (κ2) is 35.7. The summed E-state index contributed by atoms with van der Waals surface area (Å²) in [6.45, 7) is 14.0. The Morgan fingerprint density at radius 2 is 0.545 bits per heavy atom. The van der Waals surface area contributed by atoms with Crippen LogP contribution in [0.5, 0.6) is 0 Å². The Balaban J connectivity index is -0.0000000294. The van der Waals surface area contributed by atoms with Gasteiger partial charge in [-0.2, -0.15) is 0 Å². The van der Waals surface area contributed by atoms with E-state index in [0.717, 1.165) is 0 Å². The summed E-state index contributed by atoms with van der Waals surface area (Å²) >= 11 is 0. The third-order valence-corrected chi connectivity index (χ3v) is 4.41. The highest BCUT2D eigenvalue weighted by atomic mass is 19.2. The minimum Gasteiger partial charge on any atom is -0.207 e. The van der Waals surface area contributed by atoms with Gasteiger partial charge in [-0.1, -0.05) is 145 Å². The van der Waals surface area contributed by atoms with Crippen LogP contribution in [0, 0.1) is 62.6 Å². The van der Waals surface area contributed by atoms with Crippen LogP contribution in [-0.2, 0) is 0 Å². The predicted molar refractivity (Wildman–Crippen MR) is 198 cm³/mol. The quantitative estimate of drug-likeness (QED) is 0.167. The van der Waals surface area contributed by atoms with Crippen molar-refractivity contribution in [2.75, 3.05) is 0 Å². The summed E-state index contributed by atoms with van der Waals surface area (Å²) in [5.74, 6) is -5.07. The molecule has 0 saturated heterocycles. The summed E-state index contributed by atoms with van der Waals surface area (Å²) in [5.41, 5.74) is 0.965. The number of rotatable bonds is 0. The lowest BCUT2D eigenvalue weighted by Crippen LogP contribution is -2.01. The molecule has 4 aromatic rings. The Bertz CT molecular complexity index is 986. The largest absolute Gasteiger partial charge is 0.207 e. The fraction of sp³-hybridized carbons (Fsp3) is 0.368. The molecule has 0 unspecified atom stereocenters. The molecule has 0 aliphatic rings. The van der Waals surface area contributed by atoms with Crippen molar-refractivity contribution in [1.29, 1.82) is 0 Å². The molecule has 0 N–H and O–H groups in total. The first kappa shape index (κ1) is 59.8. The zero-order chi connectivity index (χ0) is 29.7. The van der Waals surface area contributed by atoms with Crippen molar-refractivity contribution in [1.82, 2.24) is 0 Å². The molecular weight excluding hydrogens is 570 g/mol. The van der Waals surface area contributed by atoms with Gasteiger partial charge < -0.3 is 0 Å². The van der Waals surface area contributed by atoms with E-state index in [1.807, 2.05) is 82.3 Å². The second-order valence-corrected chi connectivity index (χ2v) is 7.21. The van der Waals surface area contributed by atoms with Gasteiger partial charge in [-0.05, 0) is 27.7 Å². The zero-order valence-electron chi connectivity index (χ0n) is 23.4. The van der Waals surface area contributed by atoms with Crippen molar-refractivity contribution in [3.63, 3.8) is 0 Å². The Kier molecular flexibility index (Phi) is 48.5. The highest BCUT2D eigenvalue weighted by molar-refractivity contribution is 5.33. The summed E-state index contributed by atoms with van der Waals surface area (Å²) in [7, 11) is 0. The van der Waals surface area contributed by atoms with Crippen LogP contribution in [0.1, 0.15) is 102 Å². The first-order chi connectivity index (χ1) is 18.0. The van der Waals surface area contributed by atoms with Crippen LogP contribution in [0.2, 0.25) is 0 Å². The number of benzene rings is 4. The van der Waals surface area contributed by atoms with Crippen molar-refractivity contribution in [2.45, 2.75) is 99.9 Å². The molecule has 0 aliphatic carbocycles. The number of halogens is 6. The molecule has 266 valence electrons. The van der Waals surface area contributed by atoms with E-state index in [0.29, 0.717) is 18.2 Å². The summed E-state index contributed by atoms with van der Waals surface area (Å²) < 4.78 is 74.7. The molecule has 6 heteroatoms. The van der Waals surface area contributed by atoms with E-state index in [4.69, 9.17) is 0 Å². The third-order valence-electron chi connectivity index (χ3n) is 4.41. The van der Waals surface area contributed by atoms with Crippen LogP contribution in [0.25, 0.3) is 0 Å². The molecule has 4 aromatic carbocycles. The molecule has 0 bridgehead atoms. The second-order valence-electron chi connectivity index (χ2n) is 7.21. The number of hydrogen-bond acceptors (Lipinski definition) is 0. The fourth-order valence-electron chi connectivity index (χ4n) is 2.57. The highest BCUT2D eigenvalue weighted by Crippen LogP contribution is 2.22. The average Bonchev–Trinajstić information content (AvgIpc) is 2.94. The van der Waals surface area contributed by atoms with Crippen molar-refractivity contribution < 1.29 is 33.5 Å². The molecule has 0 nitrogen and oxygen atoms in total. The lowest BCUT2D eigenvalue weighted by molar-refractivity contribution is 0.512. The van der Waals surface area contributed by atoms with E-state index < -0.39 is 34.9 Å². The Morgan fingerprint density at radius 3 is 0.705 bits per heavy atom. The molecule has 0 spiro atoms. The van der Waals surface area contributed by atoms with Crippen LogP contribution < -0.4 is 0 Å². The lowest BCUT2D eigenvalue weighted by Gasteiger charge is -2.07. The van der Waals surface area contributed by atoms with Gasteiger partial charge in [0.25, 0.3) is 0 Å². The maximum Gasteiger partial charge on any atom is 0.134 e. The summed E-state index contributed by atoms with van der Waals surface area (Å²) in [5, 5.41) is 0. The highest BCUT2D eigenvalue weighted by Gasteiger charge is 2.16. The third kappa shape index (κ3) is 25.0. The van der Waals surface area contributed by atoms with Crippen molar-refractivity contribution >= 4 is 0 Å². The number of hydrogen-bond donors (Lipinski definition) is 0. The van der Waals surface area contributed by atoms with Gasteiger partial charge in [-0.15, -0.1) is 0 Å². The Hall–Kier alpha value is -3.54. The Morgan fingerprint density at radius 1 is 0.364 bits per heavy atom. The average molecular weight is 643 g/mol. The maximum absolute atomic E-state index is 13.0.